The zero-order valence-corrected chi connectivity index (χ0v) is 11.7. The molecule has 0 atom stereocenters. The molecule has 18 heavy (non-hydrogen) atoms. The van der Waals surface area contributed by atoms with Crippen molar-refractivity contribution in [2.75, 3.05) is 6.54 Å². The number of nitrogens with zero attached hydrogens (tertiary/aromatic N) is 2. The van der Waals surface area contributed by atoms with Gasteiger partial charge in [-0.3, -0.25) is 9.69 Å². The van der Waals surface area contributed by atoms with Crippen molar-refractivity contribution in [1.82, 2.24) is 9.80 Å². The topological polar surface area (TPSA) is 40.6 Å². The van der Waals surface area contributed by atoms with Gasteiger partial charge in [-0.2, -0.15) is 0 Å². The minimum Gasteiger partial charge on any atom is -0.319 e. The number of amides is 3. The Morgan fingerprint density at radius 1 is 1.06 bits per heavy atom. The largest absolute Gasteiger partial charge is 0.327 e. The summed E-state index contributed by atoms with van der Waals surface area (Å²) in [6.45, 7) is 6.64. The van der Waals surface area contributed by atoms with Crippen LogP contribution in [0.1, 0.15) is 59.3 Å². The lowest BCUT2D eigenvalue weighted by Gasteiger charge is -2.45. The average Bonchev–Trinajstić information content (AvgIpc) is 2.28. The van der Waals surface area contributed by atoms with E-state index in [0.717, 1.165) is 25.7 Å². The number of hydrogen-bond acceptors (Lipinski definition) is 2. The van der Waals surface area contributed by atoms with E-state index >= 15 is 0 Å². The van der Waals surface area contributed by atoms with Crippen LogP contribution in [0.15, 0.2) is 0 Å². The second kappa shape index (κ2) is 4.90. The number of hydrogen-bond donors (Lipinski definition) is 0. The summed E-state index contributed by atoms with van der Waals surface area (Å²) in [5, 5.41) is 0. The number of carbonyl (C=O) groups is 2. The Bertz CT molecular complexity index is 340. The molecule has 1 heterocycles. The zero-order chi connectivity index (χ0) is 13.3. The van der Waals surface area contributed by atoms with Crippen LogP contribution in [0.25, 0.3) is 0 Å². The molecule has 2 rings (SSSR count). The van der Waals surface area contributed by atoms with E-state index in [9.17, 15) is 9.59 Å². The van der Waals surface area contributed by atoms with Gasteiger partial charge in [-0.15, -0.1) is 0 Å². The van der Waals surface area contributed by atoms with E-state index in [1.54, 1.807) is 4.90 Å². The van der Waals surface area contributed by atoms with E-state index in [2.05, 4.69) is 0 Å². The van der Waals surface area contributed by atoms with E-state index in [-0.39, 0.29) is 23.5 Å². The third kappa shape index (κ3) is 2.52. The quantitative estimate of drug-likeness (QED) is 0.720. The van der Waals surface area contributed by atoms with Gasteiger partial charge in [0.2, 0.25) is 5.91 Å². The fourth-order valence-corrected chi connectivity index (χ4v) is 2.98. The molecule has 3 amide bonds. The first kappa shape index (κ1) is 13.4. The molecule has 4 heteroatoms. The normalized spacial score (nSPS) is 23.7. The number of urea groups is 1. The Kier molecular flexibility index (Phi) is 3.64. The van der Waals surface area contributed by atoms with E-state index in [0.29, 0.717) is 13.0 Å². The summed E-state index contributed by atoms with van der Waals surface area (Å²) in [5.74, 6) is 0.0207. The van der Waals surface area contributed by atoms with Crippen molar-refractivity contribution in [3.63, 3.8) is 0 Å². The van der Waals surface area contributed by atoms with Crippen molar-refractivity contribution >= 4 is 11.9 Å². The van der Waals surface area contributed by atoms with Crippen LogP contribution in [-0.4, -0.2) is 39.9 Å². The van der Waals surface area contributed by atoms with Crippen LogP contribution in [0.3, 0.4) is 0 Å². The fourth-order valence-electron chi connectivity index (χ4n) is 2.98. The molecule has 1 saturated carbocycles. The monoisotopic (exact) mass is 252 g/mol. The molecule has 0 N–H and O–H groups in total. The third-order valence-corrected chi connectivity index (χ3v) is 4.00. The molecule has 2 fully saturated rings. The lowest BCUT2D eigenvalue weighted by Crippen LogP contribution is -2.61. The first-order valence-electron chi connectivity index (χ1n) is 7.05. The molecule has 0 bridgehead atoms. The minimum atomic E-state index is -0.204. The average molecular weight is 252 g/mol. The Morgan fingerprint density at radius 2 is 1.67 bits per heavy atom. The standard InChI is InChI=1S/C14H24N2O2/c1-14(2,3)15-10-9-12(17)16(13(15)18)11-7-5-4-6-8-11/h11H,4-10H2,1-3H3. The smallest absolute Gasteiger partial charge is 0.319 e. The second-order valence-electron chi connectivity index (χ2n) is 6.41. The number of rotatable bonds is 1. The summed E-state index contributed by atoms with van der Waals surface area (Å²) < 4.78 is 0. The molecule has 2 aliphatic rings. The first-order chi connectivity index (χ1) is 8.41. The van der Waals surface area contributed by atoms with Crippen LogP contribution < -0.4 is 0 Å². The van der Waals surface area contributed by atoms with E-state index in [1.165, 1.54) is 6.42 Å². The van der Waals surface area contributed by atoms with Crippen molar-refractivity contribution in [3.8, 4) is 0 Å². The van der Waals surface area contributed by atoms with Gasteiger partial charge >= 0.3 is 6.03 Å². The summed E-state index contributed by atoms with van der Waals surface area (Å²) in [7, 11) is 0. The van der Waals surface area contributed by atoms with Crippen LogP contribution in [-0.2, 0) is 4.79 Å². The summed E-state index contributed by atoms with van der Waals surface area (Å²) in [5.41, 5.74) is -0.204. The van der Waals surface area contributed by atoms with Gasteiger partial charge in [0.15, 0.2) is 0 Å². The lowest BCUT2D eigenvalue weighted by atomic mass is 9.93. The first-order valence-corrected chi connectivity index (χ1v) is 7.05. The van der Waals surface area contributed by atoms with Crippen molar-refractivity contribution in [2.24, 2.45) is 0 Å². The van der Waals surface area contributed by atoms with Crippen LogP contribution in [0.5, 0.6) is 0 Å². The van der Waals surface area contributed by atoms with Gasteiger partial charge in [0, 0.05) is 24.5 Å². The summed E-state index contributed by atoms with van der Waals surface area (Å²) in [6.07, 6.45) is 5.94. The Hall–Kier alpha value is -1.06. The SMILES string of the molecule is CC(C)(C)N1CCC(=O)N(C2CCCCC2)C1=O. The van der Waals surface area contributed by atoms with Crippen LogP contribution >= 0.6 is 0 Å². The van der Waals surface area contributed by atoms with Crippen molar-refractivity contribution in [2.45, 2.75) is 70.9 Å². The molecule has 0 aromatic heterocycles. The van der Waals surface area contributed by atoms with Crippen LogP contribution in [0.2, 0.25) is 0 Å². The molecule has 1 saturated heterocycles. The maximum atomic E-state index is 12.5. The highest BCUT2D eigenvalue weighted by atomic mass is 16.2. The zero-order valence-electron chi connectivity index (χ0n) is 11.7. The summed E-state index contributed by atoms with van der Waals surface area (Å²) in [6, 6.07) is 0.0644. The summed E-state index contributed by atoms with van der Waals surface area (Å²) in [4.78, 5) is 28.0. The van der Waals surface area contributed by atoms with E-state index in [4.69, 9.17) is 0 Å². The van der Waals surface area contributed by atoms with Crippen molar-refractivity contribution < 1.29 is 9.59 Å². The maximum absolute atomic E-state index is 12.5. The molecule has 4 nitrogen and oxygen atoms in total. The molecule has 102 valence electrons. The van der Waals surface area contributed by atoms with Crippen LogP contribution in [0.4, 0.5) is 4.79 Å². The fraction of sp³-hybridized carbons (Fsp3) is 0.857. The molecule has 0 aromatic rings. The maximum Gasteiger partial charge on any atom is 0.327 e. The van der Waals surface area contributed by atoms with E-state index < -0.39 is 0 Å². The molecule has 0 unspecified atom stereocenters. The highest BCUT2D eigenvalue weighted by molar-refractivity contribution is 5.97. The van der Waals surface area contributed by atoms with Gasteiger partial charge in [0.25, 0.3) is 0 Å². The Balaban J connectivity index is 2.16. The van der Waals surface area contributed by atoms with Gasteiger partial charge in [-0.25, -0.2) is 4.79 Å². The number of carbonyl (C=O) groups excluding carboxylic acids is 2. The minimum absolute atomic E-state index is 0.0207. The van der Waals surface area contributed by atoms with Gasteiger partial charge in [-0.05, 0) is 33.6 Å². The molecule has 1 aliphatic heterocycles. The van der Waals surface area contributed by atoms with Crippen molar-refractivity contribution in [1.29, 1.82) is 0 Å². The molecular formula is C14H24N2O2. The van der Waals surface area contributed by atoms with E-state index in [1.807, 2.05) is 25.7 Å². The van der Waals surface area contributed by atoms with Gasteiger partial charge in [0.1, 0.15) is 0 Å². The number of imide groups is 1. The predicted octanol–water partition coefficient (Wildman–Crippen LogP) is 2.77. The molecular weight excluding hydrogens is 228 g/mol. The molecule has 1 aliphatic carbocycles. The Morgan fingerprint density at radius 3 is 2.22 bits per heavy atom. The van der Waals surface area contributed by atoms with Crippen LogP contribution in [0, 0.1) is 0 Å². The Labute approximate surface area is 109 Å². The molecule has 0 radical (unpaired) electrons. The third-order valence-electron chi connectivity index (χ3n) is 4.00. The molecule has 0 spiro atoms. The van der Waals surface area contributed by atoms with Crippen molar-refractivity contribution in [3.05, 3.63) is 0 Å². The summed E-state index contributed by atoms with van der Waals surface area (Å²) >= 11 is 0. The highest BCUT2D eigenvalue weighted by Crippen LogP contribution is 2.28. The van der Waals surface area contributed by atoms with Gasteiger partial charge < -0.3 is 4.90 Å². The lowest BCUT2D eigenvalue weighted by molar-refractivity contribution is -0.134. The second-order valence-corrected chi connectivity index (χ2v) is 6.41. The van der Waals surface area contributed by atoms with Gasteiger partial charge in [0.05, 0.1) is 0 Å². The predicted molar refractivity (Wildman–Crippen MR) is 70.2 cm³/mol. The highest BCUT2D eigenvalue weighted by Gasteiger charge is 2.40. The van der Waals surface area contributed by atoms with Gasteiger partial charge in [-0.1, -0.05) is 19.3 Å². The molecule has 0 aromatic carbocycles.